The van der Waals surface area contributed by atoms with Crippen molar-refractivity contribution in [3.05, 3.63) is 21.9 Å². The Morgan fingerprint density at radius 3 is 2.77 bits per heavy atom. The van der Waals surface area contributed by atoms with Crippen molar-refractivity contribution in [1.29, 1.82) is 0 Å². The second-order valence-electron chi connectivity index (χ2n) is 6.22. The maximum Gasteiger partial charge on any atom is 0.256 e. The van der Waals surface area contributed by atoms with Crippen LogP contribution < -0.4 is 0 Å². The summed E-state index contributed by atoms with van der Waals surface area (Å²) in [6.45, 7) is 9.70. The molecule has 5 nitrogen and oxygen atoms in total. The van der Waals surface area contributed by atoms with Gasteiger partial charge in [-0.3, -0.25) is 9.69 Å². The molecule has 122 valence electrons. The van der Waals surface area contributed by atoms with E-state index in [0.29, 0.717) is 39.5 Å². The van der Waals surface area contributed by atoms with Gasteiger partial charge in [0, 0.05) is 37.6 Å². The molecule has 3 rings (SSSR count). The van der Waals surface area contributed by atoms with Gasteiger partial charge in [0.05, 0.1) is 19.8 Å². The van der Waals surface area contributed by atoms with Gasteiger partial charge in [-0.2, -0.15) is 0 Å². The largest absolute Gasteiger partial charge is 0.378 e. The first-order valence-corrected chi connectivity index (χ1v) is 8.73. The highest BCUT2D eigenvalue weighted by atomic mass is 32.1. The van der Waals surface area contributed by atoms with E-state index >= 15 is 0 Å². The van der Waals surface area contributed by atoms with Crippen molar-refractivity contribution in [2.75, 3.05) is 46.0 Å². The maximum absolute atomic E-state index is 12.8. The third-order valence-corrected chi connectivity index (χ3v) is 5.45. The average molecular weight is 324 g/mol. The molecule has 1 amide bonds. The molecule has 2 aliphatic heterocycles. The molecule has 2 fully saturated rings. The Kier molecular flexibility index (Phi) is 4.82. The number of rotatable bonds is 3. The molecule has 1 atom stereocenters. The first-order valence-electron chi connectivity index (χ1n) is 7.85. The number of thiophene rings is 1. The van der Waals surface area contributed by atoms with Crippen LogP contribution in [-0.2, 0) is 20.8 Å². The molecule has 3 heterocycles. The highest BCUT2D eigenvalue weighted by molar-refractivity contribution is 7.10. The Morgan fingerprint density at radius 1 is 1.32 bits per heavy atom. The van der Waals surface area contributed by atoms with Crippen molar-refractivity contribution in [2.24, 2.45) is 0 Å². The van der Waals surface area contributed by atoms with E-state index in [1.54, 1.807) is 11.3 Å². The van der Waals surface area contributed by atoms with Gasteiger partial charge in [-0.25, -0.2) is 0 Å². The Morgan fingerprint density at radius 2 is 2.09 bits per heavy atom. The first kappa shape index (κ1) is 15.9. The van der Waals surface area contributed by atoms with Crippen LogP contribution in [0.4, 0.5) is 0 Å². The van der Waals surface area contributed by atoms with Gasteiger partial charge in [-0.1, -0.05) is 0 Å². The predicted octanol–water partition coefficient (Wildman–Crippen LogP) is 1.51. The summed E-state index contributed by atoms with van der Waals surface area (Å²) in [5, 5.41) is 2.13. The molecule has 2 saturated heterocycles. The number of hydrogen-bond donors (Lipinski definition) is 0. The van der Waals surface area contributed by atoms with Gasteiger partial charge in [-0.05, 0) is 30.9 Å². The number of morpholine rings is 2. The molecule has 1 unspecified atom stereocenters. The standard InChI is InChI=1S/C16H24N2O3S/c1-13-3-10-22-14(13)11-17-4-9-21-16(2,12-17)15(19)18-5-7-20-8-6-18/h3,10H,4-9,11-12H2,1-2H3. The lowest BCUT2D eigenvalue weighted by Gasteiger charge is -2.42. The molecule has 0 aromatic carbocycles. The molecular weight excluding hydrogens is 300 g/mol. The lowest BCUT2D eigenvalue weighted by Crippen LogP contribution is -2.60. The van der Waals surface area contributed by atoms with E-state index in [1.165, 1.54) is 10.4 Å². The number of hydrogen-bond acceptors (Lipinski definition) is 5. The van der Waals surface area contributed by atoms with Crippen molar-refractivity contribution in [2.45, 2.75) is 26.0 Å². The van der Waals surface area contributed by atoms with Crippen molar-refractivity contribution in [1.82, 2.24) is 9.80 Å². The van der Waals surface area contributed by atoms with Crippen molar-refractivity contribution >= 4 is 17.2 Å². The Bertz CT molecular complexity index is 527. The molecule has 0 spiro atoms. The van der Waals surface area contributed by atoms with E-state index in [4.69, 9.17) is 9.47 Å². The summed E-state index contributed by atoms with van der Waals surface area (Å²) >= 11 is 1.79. The number of aryl methyl sites for hydroxylation is 1. The fourth-order valence-corrected chi connectivity index (χ4v) is 4.03. The van der Waals surface area contributed by atoms with Gasteiger partial charge in [0.25, 0.3) is 5.91 Å². The van der Waals surface area contributed by atoms with Gasteiger partial charge in [0.15, 0.2) is 5.60 Å². The molecule has 6 heteroatoms. The molecule has 0 saturated carbocycles. The minimum absolute atomic E-state index is 0.100. The molecule has 22 heavy (non-hydrogen) atoms. The van der Waals surface area contributed by atoms with Gasteiger partial charge >= 0.3 is 0 Å². The van der Waals surface area contributed by atoms with Crippen molar-refractivity contribution in [3.63, 3.8) is 0 Å². The second kappa shape index (κ2) is 6.66. The third kappa shape index (κ3) is 3.35. The zero-order chi connectivity index (χ0) is 15.6. The van der Waals surface area contributed by atoms with Gasteiger partial charge in [-0.15, -0.1) is 11.3 Å². The molecule has 0 aliphatic carbocycles. The Balaban J connectivity index is 1.65. The maximum atomic E-state index is 12.8. The fourth-order valence-electron chi connectivity index (χ4n) is 3.09. The number of nitrogens with zero attached hydrogens (tertiary/aromatic N) is 2. The van der Waals surface area contributed by atoms with E-state index < -0.39 is 5.60 Å². The zero-order valence-electron chi connectivity index (χ0n) is 13.3. The Labute approximate surface area is 135 Å². The smallest absolute Gasteiger partial charge is 0.256 e. The average Bonchev–Trinajstić information content (AvgIpc) is 2.93. The molecular formula is C16H24N2O3S. The fraction of sp³-hybridized carbons (Fsp3) is 0.688. The monoisotopic (exact) mass is 324 g/mol. The summed E-state index contributed by atoms with van der Waals surface area (Å²) < 4.78 is 11.2. The van der Waals surface area contributed by atoms with Crippen LogP contribution in [0.2, 0.25) is 0 Å². The third-order valence-electron chi connectivity index (χ3n) is 4.44. The quantitative estimate of drug-likeness (QED) is 0.845. The molecule has 0 N–H and O–H groups in total. The highest BCUT2D eigenvalue weighted by Gasteiger charge is 2.42. The molecule has 1 aromatic rings. The van der Waals surface area contributed by atoms with Crippen molar-refractivity contribution < 1.29 is 14.3 Å². The first-order chi connectivity index (χ1) is 10.6. The Hall–Kier alpha value is -0.950. The van der Waals surface area contributed by atoms with Gasteiger partial charge < -0.3 is 14.4 Å². The van der Waals surface area contributed by atoms with Crippen molar-refractivity contribution in [3.8, 4) is 0 Å². The second-order valence-corrected chi connectivity index (χ2v) is 7.22. The van der Waals surface area contributed by atoms with E-state index in [1.807, 2.05) is 11.8 Å². The number of carbonyl (C=O) groups excluding carboxylic acids is 1. The SMILES string of the molecule is Cc1ccsc1CN1CCOC(C)(C(=O)N2CCOCC2)C1. The van der Waals surface area contributed by atoms with Crippen LogP contribution in [-0.4, -0.2) is 67.3 Å². The van der Waals surface area contributed by atoms with Crippen LogP contribution in [0.1, 0.15) is 17.4 Å². The van der Waals surface area contributed by atoms with Crippen LogP contribution in [0.5, 0.6) is 0 Å². The lowest BCUT2D eigenvalue weighted by molar-refractivity contribution is -0.171. The van der Waals surface area contributed by atoms with Crippen LogP contribution in [0.15, 0.2) is 11.4 Å². The molecule has 1 aromatic heterocycles. The molecule has 0 bridgehead atoms. The summed E-state index contributed by atoms with van der Waals surface area (Å²) in [7, 11) is 0. The zero-order valence-corrected chi connectivity index (χ0v) is 14.2. The minimum atomic E-state index is -0.735. The molecule has 2 aliphatic rings. The topological polar surface area (TPSA) is 42.0 Å². The summed E-state index contributed by atoms with van der Waals surface area (Å²) in [4.78, 5) is 18.4. The highest BCUT2D eigenvalue weighted by Crippen LogP contribution is 2.25. The predicted molar refractivity (Wildman–Crippen MR) is 86.1 cm³/mol. The van der Waals surface area contributed by atoms with E-state index in [2.05, 4.69) is 23.3 Å². The van der Waals surface area contributed by atoms with Gasteiger partial charge in [0.2, 0.25) is 0 Å². The summed E-state index contributed by atoms with van der Waals surface area (Å²) in [6.07, 6.45) is 0. The van der Waals surface area contributed by atoms with E-state index in [9.17, 15) is 4.79 Å². The summed E-state index contributed by atoms with van der Waals surface area (Å²) in [6, 6.07) is 2.15. The van der Waals surface area contributed by atoms with Crippen LogP contribution >= 0.6 is 11.3 Å². The summed E-state index contributed by atoms with van der Waals surface area (Å²) in [5.41, 5.74) is 0.596. The van der Waals surface area contributed by atoms with Crippen LogP contribution in [0, 0.1) is 6.92 Å². The van der Waals surface area contributed by atoms with E-state index in [0.717, 1.165) is 13.1 Å². The number of carbonyl (C=O) groups is 1. The summed E-state index contributed by atoms with van der Waals surface area (Å²) in [5.74, 6) is 0.100. The number of ether oxygens (including phenoxy) is 2. The number of amides is 1. The van der Waals surface area contributed by atoms with Crippen LogP contribution in [0.25, 0.3) is 0 Å². The van der Waals surface area contributed by atoms with E-state index in [-0.39, 0.29) is 5.91 Å². The normalized spacial score (nSPS) is 27.1. The van der Waals surface area contributed by atoms with Gasteiger partial charge in [0.1, 0.15) is 0 Å². The molecule has 0 radical (unpaired) electrons. The van der Waals surface area contributed by atoms with Crippen LogP contribution in [0.3, 0.4) is 0 Å². The minimum Gasteiger partial charge on any atom is -0.378 e. The lowest BCUT2D eigenvalue weighted by atomic mass is 10.0.